The Kier molecular flexibility index (Phi) is 5.39. The van der Waals surface area contributed by atoms with E-state index in [0.717, 1.165) is 26.9 Å². The van der Waals surface area contributed by atoms with Gasteiger partial charge in [-0.15, -0.1) is 0 Å². The Balaban J connectivity index is 2.40. The second-order valence-corrected chi connectivity index (χ2v) is 5.95. The third kappa shape index (κ3) is 3.46. The maximum Gasteiger partial charge on any atom is 0.122 e. The molecule has 2 aromatic carbocycles. The van der Waals surface area contributed by atoms with E-state index in [4.69, 9.17) is 10.5 Å². The van der Waals surface area contributed by atoms with E-state index in [2.05, 4.69) is 15.9 Å². The molecule has 21 heavy (non-hydrogen) atoms. The first kappa shape index (κ1) is 16.0. The van der Waals surface area contributed by atoms with E-state index in [9.17, 15) is 5.11 Å². The van der Waals surface area contributed by atoms with E-state index >= 15 is 0 Å². The third-order valence-corrected chi connectivity index (χ3v) is 4.22. The molecule has 2 aromatic rings. The quantitative estimate of drug-likeness (QED) is 0.867. The number of aliphatic hydroxyl groups is 1. The summed E-state index contributed by atoms with van der Waals surface area (Å²) in [6.45, 7) is 2.33. The van der Waals surface area contributed by atoms with Gasteiger partial charge in [0.05, 0.1) is 13.2 Å². The van der Waals surface area contributed by atoms with E-state index in [1.807, 2.05) is 49.4 Å². The zero-order valence-corrected chi connectivity index (χ0v) is 13.8. The summed E-state index contributed by atoms with van der Waals surface area (Å²) >= 11 is 3.44. The number of benzene rings is 2. The van der Waals surface area contributed by atoms with Crippen molar-refractivity contribution in [3.05, 3.63) is 63.6 Å². The fourth-order valence-electron chi connectivity index (χ4n) is 2.59. The van der Waals surface area contributed by atoms with Crippen LogP contribution in [0.15, 0.2) is 46.9 Å². The van der Waals surface area contributed by atoms with Crippen LogP contribution in [-0.2, 0) is 0 Å². The highest BCUT2D eigenvalue weighted by Gasteiger charge is 2.25. The van der Waals surface area contributed by atoms with Gasteiger partial charge in [-0.2, -0.15) is 0 Å². The number of aliphatic hydroxyl groups excluding tert-OH is 1. The van der Waals surface area contributed by atoms with Crippen LogP contribution in [0.5, 0.6) is 5.75 Å². The highest BCUT2D eigenvalue weighted by Crippen LogP contribution is 2.36. The van der Waals surface area contributed by atoms with Crippen LogP contribution in [0.25, 0.3) is 0 Å². The Bertz CT molecular complexity index is 615. The van der Waals surface area contributed by atoms with Gasteiger partial charge in [0.15, 0.2) is 0 Å². The zero-order valence-electron chi connectivity index (χ0n) is 12.2. The van der Waals surface area contributed by atoms with Crippen molar-refractivity contribution < 1.29 is 9.84 Å². The molecule has 2 atom stereocenters. The van der Waals surface area contributed by atoms with Gasteiger partial charge in [-0.25, -0.2) is 0 Å². The van der Waals surface area contributed by atoms with Crippen LogP contribution in [0.2, 0.25) is 0 Å². The highest BCUT2D eigenvalue weighted by atomic mass is 79.9. The molecule has 112 valence electrons. The number of aryl methyl sites for hydroxylation is 1. The fourth-order valence-corrected chi connectivity index (χ4v) is 3.06. The summed E-state index contributed by atoms with van der Waals surface area (Å²) in [6.07, 6.45) is -0.667. The molecule has 0 aliphatic heterocycles. The molecular formula is C17H20BrNO2. The molecule has 4 heteroatoms. The molecule has 2 unspecified atom stereocenters. The molecule has 0 spiro atoms. The van der Waals surface area contributed by atoms with Crippen molar-refractivity contribution in [3.63, 3.8) is 0 Å². The van der Waals surface area contributed by atoms with Crippen molar-refractivity contribution in [3.8, 4) is 5.75 Å². The number of hydrogen-bond acceptors (Lipinski definition) is 3. The lowest BCUT2D eigenvalue weighted by atomic mass is 9.87. The summed E-state index contributed by atoms with van der Waals surface area (Å²) in [5, 5.41) is 10.8. The minimum atomic E-state index is -0.667. The fraction of sp³-hybridized carbons (Fsp3) is 0.294. The molecule has 0 saturated carbocycles. The SMILES string of the molecule is COc1ccccc1C(CN)C(O)c1ccc(Br)cc1C. The molecule has 0 saturated heterocycles. The lowest BCUT2D eigenvalue weighted by molar-refractivity contribution is 0.145. The normalized spacial score (nSPS) is 13.8. The number of para-hydroxylation sites is 1. The number of rotatable bonds is 5. The van der Waals surface area contributed by atoms with E-state index in [-0.39, 0.29) is 5.92 Å². The topological polar surface area (TPSA) is 55.5 Å². The van der Waals surface area contributed by atoms with Crippen LogP contribution < -0.4 is 10.5 Å². The van der Waals surface area contributed by atoms with E-state index in [1.165, 1.54) is 0 Å². The average molecular weight is 350 g/mol. The van der Waals surface area contributed by atoms with Crippen LogP contribution in [-0.4, -0.2) is 18.8 Å². The number of halogens is 1. The van der Waals surface area contributed by atoms with Gasteiger partial charge in [0.25, 0.3) is 0 Å². The smallest absolute Gasteiger partial charge is 0.122 e. The Morgan fingerprint density at radius 1 is 1.19 bits per heavy atom. The van der Waals surface area contributed by atoms with Gasteiger partial charge in [-0.05, 0) is 36.2 Å². The van der Waals surface area contributed by atoms with Gasteiger partial charge >= 0.3 is 0 Å². The first-order valence-corrected chi connectivity index (χ1v) is 7.65. The largest absolute Gasteiger partial charge is 0.496 e. The van der Waals surface area contributed by atoms with Crippen LogP contribution in [0.1, 0.15) is 28.7 Å². The molecule has 3 N–H and O–H groups in total. The molecule has 0 fully saturated rings. The van der Waals surface area contributed by atoms with Crippen molar-refractivity contribution in [1.82, 2.24) is 0 Å². The second kappa shape index (κ2) is 7.07. The summed E-state index contributed by atoms with van der Waals surface area (Å²) < 4.78 is 6.39. The van der Waals surface area contributed by atoms with Gasteiger partial charge in [0.1, 0.15) is 5.75 Å². The number of hydrogen-bond donors (Lipinski definition) is 2. The van der Waals surface area contributed by atoms with Crippen molar-refractivity contribution in [2.24, 2.45) is 5.73 Å². The van der Waals surface area contributed by atoms with Gasteiger partial charge in [-0.1, -0.05) is 40.2 Å². The summed E-state index contributed by atoms with van der Waals surface area (Å²) in [5.74, 6) is 0.544. The molecule has 0 aromatic heterocycles. The minimum absolute atomic E-state index is 0.207. The number of methoxy groups -OCH3 is 1. The lowest BCUT2D eigenvalue weighted by Crippen LogP contribution is -2.21. The monoisotopic (exact) mass is 349 g/mol. The third-order valence-electron chi connectivity index (χ3n) is 3.72. The molecule has 0 aliphatic carbocycles. The van der Waals surface area contributed by atoms with Gasteiger partial charge in [0, 0.05) is 22.5 Å². The Morgan fingerprint density at radius 2 is 1.90 bits per heavy atom. The lowest BCUT2D eigenvalue weighted by Gasteiger charge is -2.25. The molecular weight excluding hydrogens is 330 g/mol. The standard InChI is InChI=1S/C17H20BrNO2/c1-11-9-12(18)7-8-13(11)17(20)15(10-19)14-5-3-4-6-16(14)21-2/h3-9,15,17,20H,10,19H2,1-2H3. The van der Waals surface area contributed by atoms with Crippen molar-refractivity contribution in [2.75, 3.05) is 13.7 Å². The Labute approximate surface area is 133 Å². The molecule has 0 heterocycles. The van der Waals surface area contributed by atoms with Gasteiger partial charge in [-0.3, -0.25) is 0 Å². The van der Waals surface area contributed by atoms with Crippen LogP contribution in [0.3, 0.4) is 0 Å². The highest BCUT2D eigenvalue weighted by molar-refractivity contribution is 9.10. The second-order valence-electron chi connectivity index (χ2n) is 5.03. The van der Waals surface area contributed by atoms with Crippen LogP contribution in [0.4, 0.5) is 0 Å². The Morgan fingerprint density at radius 3 is 2.52 bits per heavy atom. The molecule has 3 nitrogen and oxygen atoms in total. The van der Waals surface area contributed by atoms with Crippen molar-refractivity contribution >= 4 is 15.9 Å². The molecule has 0 bridgehead atoms. The molecule has 0 amide bonds. The average Bonchev–Trinajstić information content (AvgIpc) is 2.48. The van der Waals surface area contributed by atoms with Crippen LogP contribution >= 0.6 is 15.9 Å². The first-order valence-electron chi connectivity index (χ1n) is 6.85. The summed E-state index contributed by atoms with van der Waals surface area (Å²) in [5.41, 5.74) is 8.77. The maximum atomic E-state index is 10.8. The van der Waals surface area contributed by atoms with E-state index < -0.39 is 6.10 Å². The zero-order chi connectivity index (χ0) is 15.4. The maximum absolute atomic E-state index is 10.8. The predicted molar refractivity (Wildman–Crippen MR) is 88.6 cm³/mol. The van der Waals surface area contributed by atoms with Gasteiger partial charge in [0.2, 0.25) is 0 Å². The minimum Gasteiger partial charge on any atom is -0.496 e. The van der Waals surface area contributed by atoms with Crippen molar-refractivity contribution in [2.45, 2.75) is 18.9 Å². The molecule has 0 aliphatic rings. The number of ether oxygens (including phenoxy) is 1. The molecule has 0 radical (unpaired) electrons. The van der Waals surface area contributed by atoms with E-state index in [1.54, 1.807) is 7.11 Å². The van der Waals surface area contributed by atoms with E-state index in [0.29, 0.717) is 6.54 Å². The Hall–Kier alpha value is -1.36. The first-order chi connectivity index (χ1) is 10.1. The predicted octanol–water partition coefficient (Wildman–Crippen LogP) is 3.54. The summed E-state index contributed by atoms with van der Waals surface area (Å²) in [4.78, 5) is 0. The van der Waals surface area contributed by atoms with Crippen molar-refractivity contribution in [1.29, 1.82) is 0 Å². The van der Waals surface area contributed by atoms with Crippen LogP contribution in [0, 0.1) is 6.92 Å². The van der Waals surface area contributed by atoms with Gasteiger partial charge < -0.3 is 15.6 Å². The molecule has 2 rings (SSSR count). The summed E-state index contributed by atoms with van der Waals surface area (Å²) in [7, 11) is 1.63. The number of nitrogens with two attached hydrogens (primary N) is 1. The summed E-state index contributed by atoms with van der Waals surface area (Å²) in [6, 6.07) is 13.5.